The minimum absolute atomic E-state index is 0. The summed E-state index contributed by atoms with van der Waals surface area (Å²) in [6.45, 7) is 11.0. The molecule has 1 aliphatic heterocycles. The molecule has 5 heteroatoms. The first-order valence-corrected chi connectivity index (χ1v) is 17.8. The quantitative estimate of drug-likeness (QED) is 0.176. The molecule has 0 saturated heterocycles. The maximum absolute atomic E-state index is 4.76. The Morgan fingerprint density at radius 2 is 1.47 bits per heavy atom. The number of thiophene rings is 1. The van der Waals surface area contributed by atoms with Crippen LogP contribution in [0.1, 0.15) is 37.5 Å². The largest absolute Gasteiger partial charge is 0.394 e. The van der Waals surface area contributed by atoms with Gasteiger partial charge >= 0.3 is 0 Å². The average Bonchev–Trinajstić information content (AvgIpc) is 3.51. The number of nitrogens with zero attached hydrogens (tertiary/aromatic N) is 2. The molecule has 0 unspecified atom stereocenters. The standard InChI is InChI=1S/C34H27N2S.C12H10N.Ir/c1-20-25-19-31-33(24-10-6-8-12-30(24)37-31)32(20)26-17-21(29-18-22(15-16-35-29)34(2,3)4)13-14-28(26)36-27-11-7-5-9-23(25)27;1-10-7-8-12(13-9-10)11-5-3-2-4-6-11;/h5-12,14-19,36H,1-4H3;2-5,7-9H,1H3;/q2*-1;. The molecule has 0 aliphatic carbocycles. The number of hydrogen-bond donors (Lipinski definition) is 1. The Morgan fingerprint density at radius 1 is 0.667 bits per heavy atom. The van der Waals surface area contributed by atoms with Crippen LogP contribution in [-0.4, -0.2) is 9.97 Å². The number of anilines is 2. The molecule has 8 aromatic rings. The third-order valence-corrected chi connectivity index (χ3v) is 10.6. The van der Waals surface area contributed by atoms with Crippen molar-refractivity contribution in [2.45, 2.75) is 40.0 Å². The van der Waals surface area contributed by atoms with Crippen LogP contribution in [0.25, 0.3) is 64.9 Å². The van der Waals surface area contributed by atoms with Crippen LogP contribution in [0, 0.1) is 26.0 Å². The van der Waals surface area contributed by atoms with Crippen molar-refractivity contribution in [3.63, 3.8) is 0 Å². The summed E-state index contributed by atoms with van der Waals surface area (Å²) < 4.78 is 2.64. The molecule has 1 radical (unpaired) electrons. The summed E-state index contributed by atoms with van der Waals surface area (Å²) in [6.07, 6.45) is 3.79. The predicted octanol–water partition coefficient (Wildman–Crippen LogP) is 12.8. The normalized spacial score (nSPS) is 11.6. The number of rotatable bonds is 2. The van der Waals surface area contributed by atoms with Crippen molar-refractivity contribution >= 4 is 42.9 Å². The smallest absolute Gasteiger partial charge is 0.0381 e. The number of aryl methyl sites for hydroxylation is 1. The van der Waals surface area contributed by atoms with E-state index in [1.165, 1.54) is 59.1 Å². The van der Waals surface area contributed by atoms with Crippen LogP contribution in [-0.2, 0) is 25.5 Å². The fourth-order valence-corrected chi connectivity index (χ4v) is 7.90. The average molecular weight is 856 g/mol. The molecule has 2 bridgehead atoms. The van der Waals surface area contributed by atoms with Crippen molar-refractivity contribution in [2.75, 3.05) is 5.32 Å². The minimum Gasteiger partial charge on any atom is -0.394 e. The molecule has 3 nitrogen and oxygen atoms in total. The van der Waals surface area contributed by atoms with Gasteiger partial charge in [-0.3, -0.25) is 0 Å². The van der Waals surface area contributed by atoms with E-state index in [9.17, 15) is 0 Å². The summed E-state index contributed by atoms with van der Waals surface area (Å²) in [6, 6.07) is 47.1. The van der Waals surface area contributed by atoms with Crippen molar-refractivity contribution in [3.05, 3.63) is 156 Å². The molecule has 4 heterocycles. The van der Waals surface area contributed by atoms with E-state index in [-0.39, 0.29) is 25.5 Å². The molecule has 1 N–H and O–H groups in total. The van der Waals surface area contributed by atoms with E-state index in [0.29, 0.717) is 0 Å². The Labute approximate surface area is 317 Å². The minimum atomic E-state index is 0. The Hall–Kier alpha value is -4.93. The van der Waals surface area contributed by atoms with Gasteiger partial charge in [-0.2, -0.15) is 0 Å². The fourth-order valence-electron chi connectivity index (χ4n) is 6.75. The van der Waals surface area contributed by atoms with Crippen LogP contribution in [0.15, 0.2) is 128 Å². The van der Waals surface area contributed by atoms with Gasteiger partial charge < -0.3 is 15.3 Å². The van der Waals surface area contributed by atoms with E-state index in [4.69, 9.17) is 4.98 Å². The molecule has 1 aliphatic rings. The van der Waals surface area contributed by atoms with E-state index >= 15 is 0 Å². The number of benzene rings is 5. The van der Waals surface area contributed by atoms with Gasteiger partial charge in [0.25, 0.3) is 0 Å². The van der Waals surface area contributed by atoms with E-state index in [0.717, 1.165) is 33.9 Å². The van der Waals surface area contributed by atoms with Crippen molar-refractivity contribution in [2.24, 2.45) is 0 Å². The monoisotopic (exact) mass is 856 g/mol. The fraction of sp³-hybridized carbons (Fsp3) is 0.130. The van der Waals surface area contributed by atoms with Gasteiger partial charge in [0.15, 0.2) is 0 Å². The number of para-hydroxylation sites is 1. The summed E-state index contributed by atoms with van der Waals surface area (Å²) in [5.74, 6) is 0. The first-order chi connectivity index (χ1) is 24.2. The zero-order chi connectivity index (χ0) is 34.4. The van der Waals surface area contributed by atoms with Crippen molar-refractivity contribution in [1.82, 2.24) is 9.97 Å². The molecular formula is C46H37IrN3S-2. The maximum atomic E-state index is 4.76. The molecule has 51 heavy (non-hydrogen) atoms. The van der Waals surface area contributed by atoms with Crippen LogP contribution in [0.4, 0.5) is 11.4 Å². The van der Waals surface area contributed by atoms with Crippen molar-refractivity contribution < 1.29 is 20.1 Å². The van der Waals surface area contributed by atoms with Crippen LogP contribution in [0.5, 0.6) is 0 Å². The second-order valence-electron chi connectivity index (χ2n) is 13.9. The predicted molar refractivity (Wildman–Crippen MR) is 212 cm³/mol. The zero-order valence-electron chi connectivity index (χ0n) is 29.3. The van der Waals surface area contributed by atoms with Crippen LogP contribution < -0.4 is 5.32 Å². The van der Waals surface area contributed by atoms with Crippen LogP contribution in [0.3, 0.4) is 0 Å². The van der Waals surface area contributed by atoms with Gasteiger partial charge in [0.1, 0.15) is 0 Å². The van der Waals surface area contributed by atoms with Gasteiger partial charge in [-0.15, -0.1) is 71.0 Å². The molecule has 3 aromatic heterocycles. The molecular weight excluding hydrogens is 819 g/mol. The summed E-state index contributed by atoms with van der Waals surface area (Å²) in [5, 5.41) is 6.40. The Morgan fingerprint density at radius 3 is 2.25 bits per heavy atom. The van der Waals surface area contributed by atoms with Gasteiger partial charge in [0, 0.05) is 63.9 Å². The summed E-state index contributed by atoms with van der Waals surface area (Å²) in [4.78, 5) is 9.07. The third kappa shape index (κ3) is 6.66. The molecule has 0 fully saturated rings. The van der Waals surface area contributed by atoms with E-state index in [1.54, 1.807) is 0 Å². The Bertz CT molecular complexity index is 2510. The Balaban J connectivity index is 0.000000245. The molecule has 0 amide bonds. The maximum Gasteiger partial charge on any atom is 0.0381 e. The molecule has 5 aromatic carbocycles. The van der Waals surface area contributed by atoms with Gasteiger partial charge in [0.05, 0.1) is 0 Å². The molecule has 9 rings (SSSR count). The first-order valence-electron chi connectivity index (χ1n) is 17.0. The van der Waals surface area contributed by atoms with Crippen LogP contribution in [0.2, 0.25) is 0 Å². The number of fused-ring (bicyclic) bond motifs is 10. The number of hydrogen-bond acceptors (Lipinski definition) is 4. The second kappa shape index (κ2) is 14.0. The van der Waals surface area contributed by atoms with E-state index in [2.05, 4.69) is 135 Å². The molecule has 0 saturated carbocycles. The van der Waals surface area contributed by atoms with Crippen molar-refractivity contribution in [3.8, 4) is 44.8 Å². The van der Waals surface area contributed by atoms with E-state index < -0.39 is 0 Å². The topological polar surface area (TPSA) is 37.8 Å². The summed E-state index contributed by atoms with van der Waals surface area (Å²) in [7, 11) is 0. The SMILES string of the molecule is Cc1c2cc3sc4ccccc4c3c1-c1cc(-c3cc(C(C)(C)C)ccn3)[c-]cc1Nc1ccccc1-2.Cc1ccc(-c2[c-]cccc2)nc1.[Ir]. The van der Waals surface area contributed by atoms with Gasteiger partial charge in [-0.25, -0.2) is 0 Å². The summed E-state index contributed by atoms with van der Waals surface area (Å²) >= 11 is 1.88. The molecule has 0 atom stereocenters. The number of pyridine rings is 2. The molecule has 253 valence electrons. The first kappa shape index (κ1) is 34.5. The van der Waals surface area contributed by atoms with Crippen molar-refractivity contribution in [1.29, 1.82) is 0 Å². The third-order valence-electron chi connectivity index (χ3n) is 9.43. The van der Waals surface area contributed by atoms with Crippen LogP contribution >= 0.6 is 11.3 Å². The number of aromatic nitrogens is 2. The molecule has 0 spiro atoms. The second-order valence-corrected chi connectivity index (χ2v) is 15.0. The van der Waals surface area contributed by atoms with Gasteiger partial charge in [-0.05, 0) is 88.4 Å². The Kier molecular flexibility index (Phi) is 9.47. The number of nitrogens with one attached hydrogen (secondary N) is 1. The van der Waals surface area contributed by atoms with Gasteiger partial charge in [-0.1, -0.05) is 80.9 Å². The van der Waals surface area contributed by atoms with E-state index in [1.807, 2.05) is 61.0 Å². The van der Waals surface area contributed by atoms with Gasteiger partial charge in [0.2, 0.25) is 0 Å². The summed E-state index contributed by atoms with van der Waals surface area (Å²) in [5.41, 5.74) is 15.0. The zero-order valence-corrected chi connectivity index (χ0v) is 32.5.